The maximum absolute atomic E-state index is 12.7. The van der Waals surface area contributed by atoms with Gasteiger partial charge in [-0.3, -0.25) is 14.6 Å². The molecule has 0 N–H and O–H groups in total. The Kier molecular flexibility index (Phi) is 5.32. The van der Waals surface area contributed by atoms with Gasteiger partial charge in [0, 0.05) is 38.6 Å². The van der Waals surface area contributed by atoms with Crippen LogP contribution in [0.25, 0.3) is 0 Å². The maximum atomic E-state index is 12.7. The topological polar surface area (TPSA) is 87.7 Å². The minimum absolute atomic E-state index is 0.00699. The molecule has 2 aliphatic rings. The number of piperidine rings is 1. The molecule has 0 saturated carbocycles. The zero-order valence-electron chi connectivity index (χ0n) is 15.2. The van der Waals surface area contributed by atoms with Crippen molar-refractivity contribution in [1.29, 1.82) is 0 Å². The molecule has 2 fully saturated rings. The molecule has 1 aromatic rings. The normalized spacial score (nSPS) is 25.1. The zero-order chi connectivity index (χ0) is 18.9. The first kappa shape index (κ1) is 18.8. The van der Waals surface area contributed by atoms with Crippen LogP contribution in [0.4, 0.5) is 0 Å². The van der Waals surface area contributed by atoms with Crippen molar-refractivity contribution in [2.75, 3.05) is 31.6 Å². The summed E-state index contributed by atoms with van der Waals surface area (Å²) >= 11 is 0. The molecule has 2 amide bonds. The molecule has 0 spiro atoms. The lowest BCUT2D eigenvalue weighted by Gasteiger charge is -2.31. The van der Waals surface area contributed by atoms with Crippen molar-refractivity contribution in [3.63, 3.8) is 0 Å². The van der Waals surface area contributed by atoms with E-state index in [0.717, 1.165) is 25.9 Å². The van der Waals surface area contributed by atoms with Crippen LogP contribution in [0.5, 0.6) is 0 Å². The third-order valence-electron chi connectivity index (χ3n) is 5.25. The van der Waals surface area contributed by atoms with Crippen LogP contribution in [0, 0.1) is 5.92 Å². The van der Waals surface area contributed by atoms with Crippen molar-refractivity contribution in [2.24, 2.45) is 5.92 Å². The van der Waals surface area contributed by atoms with E-state index in [2.05, 4.69) is 11.9 Å². The Morgan fingerprint density at radius 3 is 2.62 bits per heavy atom. The quantitative estimate of drug-likeness (QED) is 0.788. The lowest BCUT2D eigenvalue weighted by atomic mass is 9.99. The molecule has 0 bridgehead atoms. The fourth-order valence-corrected chi connectivity index (χ4v) is 5.45. The summed E-state index contributed by atoms with van der Waals surface area (Å²) in [5.74, 6) is 0.165. The Labute approximate surface area is 154 Å². The molecule has 2 aliphatic heterocycles. The van der Waals surface area contributed by atoms with Gasteiger partial charge in [0.05, 0.1) is 22.6 Å². The van der Waals surface area contributed by atoms with E-state index in [1.165, 1.54) is 17.3 Å². The van der Waals surface area contributed by atoms with E-state index in [0.29, 0.717) is 23.5 Å². The predicted molar refractivity (Wildman–Crippen MR) is 97.7 cm³/mol. The van der Waals surface area contributed by atoms with Gasteiger partial charge < -0.3 is 9.80 Å². The lowest BCUT2D eigenvalue weighted by molar-refractivity contribution is 0.0682. The molecule has 0 aromatic carbocycles. The van der Waals surface area contributed by atoms with Gasteiger partial charge in [-0.2, -0.15) is 0 Å². The first-order chi connectivity index (χ1) is 12.3. The highest BCUT2D eigenvalue weighted by Gasteiger charge is 2.33. The smallest absolute Gasteiger partial charge is 0.255 e. The molecule has 3 heterocycles. The second kappa shape index (κ2) is 7.34. The molecule has 142 valence electrons. The van der Waals surface area contributed by atoms with Gasteiger partial charge in [0.1, 0.15) is 0 Å². The number of hydrogen-bond donors (Lipinski definition) is 0. The van der Waals surface area contributed by atoms with Crippen LogP contribution >= 0.6 is 0 Å². The summed E-state index contributed by atoms with van der Waals surface area (Å²) in [5, 5.41) is 0. The molecule has 1 aromatic heterocycles. The minimum atomic E-state index is -3.07. The van der Waals surface area contributed by atoms with Crippen molar-refractivity contribution in [3.05, 3.63) is 29.6 Å². The first-order valence-corrected chi connectivity index (χ1v) is 10.8. The third kappa shape index (κ3) is 4.06. The van der Waals surface area contributed by atoms with Crippen LogP contribution in [0.15, 0.2) is 18.5 Å². The SMILES string of the molecule is CC1CCCN(C(=O)c2cncc(C(=O)N(C)C3CCS(=O)(=O)C3)c2)C1. The van der Waals surface area contributed by atoms with Gasteiger partial charge in [-0.15, -0.1) is 0 Å². The highest BCUT2D eigenvalue weighted by atomic mass is 32.2. The number of likely N-dealkylation sites (tertiary alicyclic amines) is 1. The molecule has 7 nitrogen and oxygen atoms in total. The molecule has 0 aliphatic carbocycles. The van der Waals surface area contributed by atoms with Crippen molar-refractivity contribution >= 4 is 21.7 Å². The number of nitrogens with zero attached hydrogens (tertiary/aromatic N) is 3. The Bertz CT molecular complexity index is 808. The number of amides is 2. The maximum Gasteiger partial charge on any atom is 0.255 e. The first-order valence-electron chi connectivity index (χ1n) is 8.99. The van der Waals surface area contributed by atoms with Gasteiger partial charge in [-0.05, 0) is 31.2 Å². The summed E-state index contributed by atoms with van der Waals surface area (Å²) in [4.78, 5) is 32.8. The van der Waals surface area contributed by atoms with Gasteiger partial charge in [-0.1, -0.05) is 6.92 Å². The summed E-state index contributed by atoms with van der Waals surface area (Å²) in [6.07, 6.45) is 5.46. The standard InChI is InChI=1S/C18H25N3O4S/c1-13-4-3-6-21(11-13)18(23)15-8-14(9-19-10-15)17(22)20(2)16-5-7-26(24,25)12-16/h8-10,13,16H,3-7,11-12H2,1-2H3. The summed E-state index contributed by atoms with van der Waals surface area (Å²) in [5.41, 5.74) is 0.713. The second-order valence-electron chi connectivity index (χ2n) is 7.43. The number of carbonyl (C=O) groups is 2. The summed E-state index contributed by atoms with van der Waals surface area (Å²) in [7, 11) is -1.46. The highest BCUT2D eigenvalue weighted by Crippen LogP contribution is 2.20. The number of aromatic nitrogens is 1. The van der Waals surface area contributed by atoms with Crippen LogP contribution in [-0.2, 0) is 9.84 Å². The average Bonchev–Trinajstić information content (AvgIpc) is 2.99. The van der Waals surface area contributed by atoms with Crippen molar-refractivity contribution in [1.82, 2.24) is 14.8 Å². The number of hydrogen-bond acceptors (Lipinski definition) is 5. The molecule has 2 atom stereocenters. The van der Waals surface area contributed by atoms with Gasteiger partial charge in [0.2, 0.25) is 0 Å². The molecule has 2 unspecified atom stereocenters. The number of pyridine rings is 1. The van der Waals surface area contributed by atoms with E-state index in [1.807, 2.05) is 4.90 Å². The Morgan fingerprint density at radius 2 is 1.96 bits per heavy atom. The van der Waals surface area contributed by atoms with Gasteiger partial charge >= 0.3 is 0 Å². The fourth-order valence-electron chi connectivity index (χ4n) is 3.68. The van der Waals surface area contributed by atoms with Crippen LogP contribution in [0.2, 0.25) is 0 Å². The summed E-state index contributed by atoms with van der Waals surface area (Å²) in [6.45, 7) is 3.57. The van der Waals surface area contributed by atoms with Crippen LogP contribution in [-0.4, -0.2) is 72.7 Å². The third-order valence-corrected chi connectivity index (χ3v) is 7.00. The lowest BCUT2D eigenvalue weighted by Crippen LogP contribution is -2.39. The minimum Gasteiger partial charge on any atom is -0.338 e. The largest absolute Gasteiger partial charge is 0.338 e. The van der Waals surface area contributed by atoms with Gasteiger partial charge in [-0.25, -0.2) is 8.42 Å². The van der Waals surface area contributed by atoms with E-state index in [-0.39, 0.29) is 29.4 Å². The predicted octanol–water partition coefficient (Wildman–Crippen LogP) is 1.21. The van der Waals surface area contributed by atoms with Crippen molar-refractivity contribution in [3.8, 4) is 0 Å². The Morgan fingerprint density at radius 1 is 1.23 bits per heavy atom. The average molecular weight is 379 g/mol. The van der Waals surface area contributed by atoms with E-state index in [9.17, 15) is 18.0 Å². The van der Waals surface area contributed by atoms with Gasteiger partial charge in [0.25, 0.3) is 11.8 Å². The fraction of sp³-hybridized carbons (Fsp3) is 0.611. The van der Waals surface area contributed by atoms with E-state index >= 15 is 0 Å². The Balaban J connectivity index is 1.74. The highest BCUT2D eigenvalue weighted by molar-refractivity contribution is 7.91. The van der Waals surface area contributed by atoms with Crippen molar-refractivity contribution in [2.45, 2.75) is 32.2 Å². The summed E-state index contributed by atoms with van der Waals surface area (Å²) in [6, 6.07) is 1.24. The van der Waals surface area contributed by atoms with Crippen LogP contribution in [0.3, 0.4) is 0 Å². The summed E-state index contributed by atoms with van der Waals surface area (Å²) < 4.78 is 23.3. The zero-order valence-corrected chi connectivity index (χ0v) is 16.0. The van der Waals surface area contributed by atoms with Crippen molar-refractivity contribution < 1.29 is 18.0 Å². The van der Waals surface area contributed by atoms with Gasteiger partial charge in [0.15, 0.2) is 9.84 Å². The molecule has 26 heavy (non-hydrogen) atoms. The number of carbonyl (C=O) groups excluding carboxylic acids is 2. The molecule has 3 rings (SSSR count). The van der Waals surface area contributed by atoms with E-state index < -0.39 is 9.84 Å². The molecule has 8 heteroatoms. The van der Waals surface area contributed by atoms with E-state index in [4.69, 9.17) is 0 Å². The monoisotopic (exact) mass is 379 g/mol. The second-order valence-corrected chi connectivity index (χ2v) is 9.66. The van der Waals surface area contributed by atoms with Crippen LogP contribution in [0.1, 0.15) is 46.9 Å². The van der Waals surface area contributed by atoms with Crippen LogP contribution < -0.4 is 0 Å². The molecular weight excluding hydrogens is 354 g/mol. The Hall–Kier alpha value is -1.96. The molecule has 2 saturated heterocycles. The molecular formula is C18H25N3O4S. The number of rotatable bonds is 3. The molecule has 0 radical (unpaired) electrons. The van der Waals surface area contributed by atoms with E-state index in [1.54, 1.807) is 13.1 Å². The number of sulfone groups is 1.